The van der Waals surface area contributed by atoms with E-state index in [0.29, 0.717) is 6.61 Å². The van der Waals surface area contributed by atoms with Gasteiger partial charge in [-0.2, -0.15) is 0 Å². The Bertz CT molecular complexity index is 2630. The molecular formula is C62H82BN2O2. The van der Waals surface area contributed by atoms with E-state index in [9.17, 15) is 0 Å². The van der Waals surface area contributed by atoms with Gasteiger partial charge in [0.2, 0.25) is 7.28 Å². The van der Waals surface area contributed by atoms with Crippen molar-refractivity contribution in [3.05, 3.63) is 167 Å². The minimum absolute atomic E-state index is 0.00531. The number of hydrogen-bond donors (Lipinski definition) is 0. The third-order valence-corrected chi connectivity index (χ3v) is 13.6. The van der Waals surface area contributed by atoms with E-state index in [2.05, 4.69) is 245 Å². The van der Waals surface area contributed by atoms with Crippen LogP contribution in [0.5, 0.6) is 5.75 Å². The van der Waals surface area contributed by atoms with E-state index in [4.69, 9.17) is 9.15 Å². The van der Waals surface area contributed by atoms with Crippen LogP contribution in [-0.4, -0.2) is 18.8 Å². The fraction of sp³-hybridized carbons (Fsp3) is 0.452. The molecule has 0 fully saturated rings. The maximum atomic E-state index is 7.24. The fourth-order valence-electron chi connectivity index (χ4n) is 8.97. The van der Waals surface area contributed by atoms with Gasteiger partial charge >= 0.3 is 0 Å². The molecule has 4 nitrogen and oxygen atoms in total. The molecule has 1 radical (unpaired) electrons. The van der Waals surface area contributed by atoms with Crippen molar-refractivity contribution in [1.82, 2.24) is 4.90 Å². The number of ether oxygens (including phenoxy) is 1. The zero-order valence-corrected chi connectivity index (χ0v) is 44.6. The molecule has 355 valence electrons. The van der Waals surface area contributed by atoms with Gasteiger partial charge in [-0.3, -0.25) is 0 Å². The molecule has 0 saturated heterocycles. The van der Waals surface area contributed by atoms with Crippen LogP contribution in [0, 0.1) is 16.2 Å². The van der Waals surface area contributed by atoms with Crippen LogP contribution < -0.4 is 15.3 Å². The number of anilines is 1. The van der Waals surface area contributed by atoms with Crippen molar-refractivity contribution in [3.63, 3.8) is 0 Å². The average Bonchev–Trinajstić information content (AvgIpc) is 3.80. The Morgan fingerprint density at radius 3 is 2.09 bits per heavy atom. The van der Waals surface area contributed by atoms with Crippen molar-refractivity contribution < 1.29 is 9.15 Å². The molecule has 0 bridgehead atoms. The molecule has 2 aliphatic heterocycles. The van der Waals surface area contributed by atoms with E-state index in [1.807, 2.05) is 6.08 Å². The van der Waals surface area contributed by atoms with Crippen molar-refractivity contribution in [2.24, 2.45) is 16.2 Å². The second-order valence-corrected chi connectivity index (χ2v) is 24.9. The van der Waals surface area contributed by atoms with Crippen LogP contribution in [0.3, 0.4) is 0 Å². The number of benzene rings is 2. The van der Waals surface area contributed by atoms with Crippen molar-refractivity contribution in [2.75, 3.05) is 11.5 Å². The number of nitrogens with zero attached hydrogens (tertiary/aromatic N) is 2. The lowest BCUT2D eigenvalue weighted by molar-refractivity contribution is 0.332. The SMILES string of the molecule is C=C/C=C1\C=C\N(C(/C=C\C)=C2/COc3cc(C(C)(C)C)ccc32)C(/C=C\C(=C)C(C)(C)C)=C\[B]c2oc3cc4c(cc3c2N1C(/C=C\CC(C)(C)C)=C/CC(C)(C)C)C(C)(C)CCC4(C)C. The summed E-state index contributed by atoms with van der Waals surface area (Å²) in [5.74, 6) is 3.13. The summed E-state index contributed by atoms with van der Waals surface area (Å²) in [4.78, 5) is 4.72. The molecule has 1 aromatic heterocycles. The molecule has 0 spiro atoms. The first-order valence-electron chi connectivity index (χ1n) is 24.7. The summed E-state index contributed by atoms with van der Waals surface area (Å²) >= 11 is 0. The number of rotatable bonds is 9. The van der Waals surface area contributed by atoms with Gasteiger partial charge < -0.3 is 19.0 Å². The maximum Gasteiger partial charge on any atom is 0.236 e. The Morgan fingerprint density at radius 1 is 0.836 bits per heavy atom. The van der Waals surface area contributed by atoms with E-state index in [0.717, 1.165) is 93.2 Å². The Kier molecular flexibility index (Phi) is 14.6. The van der Waals surface area contributed by atoms with Gasteiger partial charge in [-0.05, 0) is 136 Å². The second-order valence-electron chi connectivity index (χ2n) is 24.9. The van der Waals surface area contributed by atoms with Crippen molar-refractivity contribution >= 4 is 35.2 Å². The van der Waals surface area contributed by atoms with Crippen LogP contribution in [0.4, 0.5) is 5.69 Å². The van der Waals surface area contributed by atoms with Crippen LogP contribution >= 0.6 is 0 Å². The Labute approximate surface area is 407 Å². The maximum absolute atomic E-state index is 7.24. The van der Waals surface area contributed by atoms with Crippen LogP contribution in [-0.2, 0) is 16.2 Å². The molecule has 3 heterocycles. The summed E-state index contributed by atoms with van der Waals surface area (Å²) in [5, 5.41) is 1.10. The minimum atomic E-state index is -0.117. The lowest BCUT2D eigenvalue weighted by atomic mass is 9.63. The summed E-state index contributed by atoms with van der Waals surface area (Å²) in [6, 6.07) is 11.5. The minimum Gasteiger partial charge on any atom is -0.488 e. The van der Waals surface area contributed by atoms with Crippen LogP contribution in [0.25, 0.3) is 16.5 Å². The van der Waals surface area contributed by atoms with E-state index in [1.54, 1.807) is 0 Å². The van der Waals surface area contributed by atoms with E-state index < -0.39 is 0 Å². The predicted octanol–water partition coefficient (Wildman–Crippen LogP) is 16.8. The standard InChI is InChI=1S/C62H82BN2O2/c1-20-23-44-31-36-64(52(24-21-2)49-41-66-53-37-43(60(13,14)15)27-29-47(49)53)46(28-26-42(3)59(10,11)12)40-63-56-55(65(44)45(30-33-58(7,8)9)25-22-32-57(4,5)6)48-38-50-51(39-54(48)67-56)62(18,19)35-34-61(50,16)17/h20-31,36-40H,1,3,32-35,41H2,2,4-19H3/b24-21-,25-22-,28-26-,36-31+,44-23+,45-30+,46-40-,52-49-. The van der Waals surface area contributed by atoms with E-state index in [1.165, 1.54) is 16.7 Å². The van der Waals surface area contributed by atoms with E-state index in [-0.39, 0.29) is 32.5 Å². The van der Waals surface area contributed by atoms with Crippen LogP contribution in [0.15, 0.2) is 149 Å². The van der Waals surface area contributed by atoms with Crippen molar-refractivity contribution in [2.45, 2.75) is 160 Å². The van der Waals surface area contributed by atoms with Crippen LogP contribution in [0.1, 0.15) is 166 Å². The monoisotopic (exact) mass is 898 g/mol. The Morgan fingerprint density at radius 2 is 1.49 bits per heavy atom. The molecule has 6 rings (SSSR count). The quantitative estimate of drug-likeness (QED) is 0.158. The molecule has 5 heteroatoms. The first kappa shape index (κ1) is 51.2. The van der Waals surface area contributed by atoms with Crippen molar-refractivity contribution in [1.29, 1.82) is 0 Å². The van der Waals surface area contributed by atoms with Gasteiger partial charge in [0.15, 0.2) is 0 Å². The third-order valence-electron chi connectivity index (χ3n) is 13.6. The van der Waals surface area contributed by atoms with Gasteiger partial charge in [0.1, 0.15) is 17.9 Å². The molecule has 1 aliphatic carbocycles. The van der Waals surface area contributed by atoms with Gasteiger partial charge in [-0.15, -0.1) is 0 Å². The fourth-order valence-corrected chi connectivity index (χ4v) is 8.97. The van der Waals surface area contributed by atoms with E-state index >= 15 is 0 Å². The highest BCUT2D eigenvalue weighted by Crippen LogP contribution is 2.49. The number of furan rings is 1. The molecule has 0 amide bonds. The highest BCUT2D eigenvalue weighted by Gasteiger charge is 2.39. The lowest BCUT2D eigenvalue weighted by Gasteiger charge is -2.41. The molecule has 0 atom stereocenters. The number of fused-ring (bicyclic) bond motifs is 5. The summed E-state index contributed by atoms with van der Waals surface area (Å²) in [6.07, 6.45) is 28.3. The highest BCUT2D eigenvalue weighted by molar-refractivity contribution is 6.60. The van der Waals surface area contributed by atoms with Gasteiger partial charge in [-0.1, -0.05) is 172 Å². The average molecular weight is 898 g/mol. The van der Waals surface area contributed by atoms with Gasteiger partial charge in [0, 0.05) is 39.8 Å². The summed E-state index contributed by atoms with van der Waals surface area (Å²) in [7, 11) is 2.18. The first-order chi connectivity index (χ1) is 31.0. The van der Waals surface area contributed by atoms with Gasteiger partial charge in [-0.25, -0.2) is 0 Å². The largest absolute Gasteiger partial charge is 0.488 e. The highest BCUT2D eigenvalue weighted by atomic mass is 16.5. The Balaban J connectivity index is 1.74. The zero-order chi connectivity index (χ0) is 49.5. The zero-order valence-electron chi connectivity index (χ0n) is 44.6. The summed E-state index contributed by atoms with van der Waals surface area (Å²) < 4.78 is 13.8. The van der Waals surface area contributed by atoms with Crippen LogP contribution in [0.2, 0.25) is 0 Å². The van der Waals surface area contributed by atoms with Gasteiger partial charge in [0.05, 0.1) is 17.0 Å². The normalized spacial score (nSPS) is 20.7. The molecule has 2 aromatic carbocycles. The molecule has 0 saturated carbocycles. The molecular weight excluding hydrogens is 816 g/mol. The summed E-state index contributed by atoms with van der Waals surface area (Å²) in [6.45, 7) is 48.2. The second kappa shape index (κ2) is 19.1. The first-order valence-corrected chi connectivity index (χ1v) is 24.7. The Hall–Kier alpha value is -5.16. The smallest absolute Gasteiger partial charge is 0.236 e. The number of allylic oxidation sites excluding steroid dienone is 11. The molecule has 0 N–H and O–H groups in total. The lowest BCUT2D eigenvalue weighted by Crippen LogP contribution is -2.33. The molecule has 67 heavy (non-hydrogen) atoms. The van der Waals surface area contributed by atoms with Crippen molar-refractivity contribution in [3.8, 4) is 5.75 Å². The predicted molar refractivity (Wildman–Crippen MR) is 292 cm³/mol. The molecule has 3 aliphatic rings. The third kappa shape index (κ3) is 11.8. The summed E-state index contributed by atoms with van der Waals surface area (Å²) in [5.41, 5.74) is 14.1. The topological polar surface area (TPSA) is 28.9 Å². The number of hydrogen-bond acceptors (Lipinski definition) is 4. The molecule has 3 aromatic rings. The molecule has 0 unspecified atom stereocenters. The van der Waals surface area contributed by atoms with Gasteiger partial charge in [0.25, 0.3) is 0 Å².